The largest absolute Gasteiger partial charge is 0.481 e. The van der Waals surface area contributed by atoms with E-state index in [1.165, 1.54) is 6.07 Å². The Bertz CT molecular complexity index is 458. The Morgan fingerprint density at radius 1 is 1.42 bits per heavy atom. The topological polar surface area (TPSA) is 79.5 Å². The quantitative estimate of drug-likeness (QED) is 0.784. The minimum absolute atomic E-state index is 0.0133. The van der Waals surface area contributed by atoms with Crippen molar-refractivity contribution in [2.75, 3.05) is 12.3 Å². The normalized spacial score (nSPS) is 11.3. The van der Waals surface area contributed by atoms with Crippen molar-refractivity contribution in [1.82, 2.24) is 5.32 Å². The van der Waals surface area contributed by atoms with Crippen LogP contribution in [-0.4, -0.2) is 34.8 Å². The second-order valence-corrected chi connectivity index (χ2v) is 4.54. The first-order valence-electron chi connectivity index (χ1n) is 5.06. The number of carbonyl (C=O) groups excluding carboxylic acids is 1. The van der Waals surface area contributed by atoms with Crippen molar-refractivity contribution in [2.24, 2.45) is 0 Å². The molecule has 1 heterocycles. The number of carboxylic acids is 1. The van der Waals surface area contributed by atoms with Crippen molar-refractivity contribution in [3.8, 4) is 0 Å². The average molecular weight is 297 g/mol. The molecule has 0 spiro atoms. The van der Waals surface area contributed by atoms with Gasteiger partial charge in [-0.1, -0.05) is 0 Å². The molecule has 106 valence electrons. The minimum Gasteiger partial charge on any atom is -0.481 e. The maximum atomic E-state index is 11.8. The predicted molar refractivity (Wildman–Crippen MR) is 60.9 cm³/mol. The molecule has 0 unspecified atom stereocenters. The number of nitrogens with one attached hydrogen (secondary N) is 1. The van der Waals surface area contributed by atoms with Gasteiger partial charge < -0.3 is 14.8 Å². The van der Waals surface area contributed by atoms with Gasteiger partial charge in [0.1, 0.15) is 12.2 Å². The van der Waals surface area contributed by atoms with Crippen LogP contribution in [0.1, 0.15) is 16.1 Å². The third-order valence-corrected chi connectivity index (χ3v) is 2.69. The summed E-state index contributed by atoms with van der Waals surface area (Å²) in [6.07, 6.45) is 0.685. The van der Waals surface area contributed by atoms with E-state index in [0.717, 1.165) is 6.26 Å². The molecule has 0 atom stereocenters. The Kier molecular flexibility index (Phi) is 5.28. The fraction of sp³-hybridized carbons (Fsp3) is 0.400. The van der Waals surface area contributed by atoms with Gasteiger partial charge in [0.15, 0.2) is 0 Å². The molecule has 0 aromatic carbocycles. The van der Waals surface area contributed by atoms with Gasteiger partial charge in [0.05, 0.1) is 11.8 Å². The Balaban J connectivity index is 2.46. The highest BCUT2D eigenvalue weighted by Crippen LogP contribution is 2.29. The summed E-state index contributed by atoms with van der Waals surface area (Å²) < 4.78 is 40.3. The maximum absolute atomic E-state index is 11.8. The minimum atomic E-state index is -4.34. The lowest BCUT2D eigenvalue weighted by molar-refractivity contribution is -0.136. The first-order chi connectivity index (χ1) is 8.79. The third-order valence-electron chi connectivity index (χ3n) is 1.96. The van der Waals surface area contributed by atoms with Gasteiger partial charge in [-0.3, -0.25) is 9.59 Å². The Hall–Kier alpha value is -1.64. The third kappa shape index (κ3) is 5.69. The molecule has 0 aliphatic heterocycles. The summed E-state index contributed by atoms with van der Waals surface area (Å²) in [4.78, 5) is 22.1. The molecule has 0 saturated heterocycles. The molecule has 0 bridgehead atoms. The molecular weight excluding hydrogens is 287 g/mol. The molecule has 0 aliphatic rings. The summed E-state index contributed by atoms with van der Waals surface area (Å²) in [6, 6.07) is 1.27. The van der Waals surface area contributed by atoms with Gasteiger partial charge in [-0.25, -0.2) is 0 Å². The summed E-state index contributed by atoms with van der Waals surface area (Å²) in [6.45, 7) is -0.180. The zero-order chi connectivity index (χ0) is 14.5. The number of aliphatic carboxylic acids is 1. The van der Waals surface area contributed by atoms with Crippen LogP contribution in [0.4, 0.5) is 13.2 Å². The highest BCUT2D eigenvalue weighted by atomic mass is 32.2. The molecule has 5 nitrogen and oxygen atoms in total. The SMILES string of the molecule is O=C(O)Cc1occc1C(=O)NCCSC(F)(F)F. The van der Waals surface area contributed by atoms with Crippen LogP contribution in [0.25, 0.3) is 0 Å². The van der Waals surface area contributed by atoms with Gasteiger partial charge in [-0.2, -0.15) is 13.2 Å². The van der Waals surface area contributed by atoms with E-state index in [0.29, 0.717) is 0 Å². The van der Waals surface area contributed by atoms with E-state index >= 15 is 0 Å². The number of hydrogen-bond acceptors (Lipinski definition) is 4. The van der Waals surface area contributed by atoms with E-state index in [1.807, 2.05) is 0 Å². The van der Waals surface area contributed by atoms with Gasteiger partial charge in [0.2, 0.25) is 0 Å². The van der Waals surface area contributed by atoms with Crippen LogP contribution >= 0.6 is 11.8 Å². The van der Waals surface area contributed by atoms with Crippen molar-refractivity contribution in [3.63, 3.8) is 0 Å². The van der Waals surface area contributed by atoms with E-state index in [4.69, 9.17) is 9.52 Å². The summed E-state index contributed by atoms with van der Waals surface area (Å²) in [5, 5.41) is 10.8. The average Bonchev–Trinajstić information content (AvgIpc) is 2.70. The molecule has 9 heteroatoms. The molecule has 19 heavy (non-hydrogen) atoms. The van der Waals surface area contributed by atoms with E-state index in [-0.39, 0.29) is 35.4 Å². The van der Waals surface area contributed by atoms with Crippen LogP contribution in [0, 0.1) is 0 Å². The predicted octanol–water partition coefficient (Wildman–Crippen LogP) is 1.89. The molecular formula is C10H10F3NO4S. The number of alkyl halides is 3. The monoisotopic (exact) mass is 297 g/mol. The maximum Gasteiger partial charge on any atom is 0.441 e. The van der Waals surface area contributed by atoms with Gasteiger partial charge in [-0.15, -0.1) is 0 Å². The molecule has 1 aromatic rings. The van der Waals surface area contributed by atoms with Crippen LogP contribution in [0.5, 0.6) is 0 Å². The van der Waals surface area contributed by atoms with Crippen LogP contribution in [0.2, 0.25) is 0 Å². The fourth-order valence-corrected chi connectivity index (χ4v) is 1.68. The molecule has 1 amide bonds. The molecule has 1 aromatic heterocycles. The number of hydrogen-bond donors (Lipinski definition) is 2. The fourth-order valence-electron chi connectivity index (χ4n) is 1.24. The van der Waals surface area contributed by atoms with E-state index in [9.17, 15) is 22.8 Å². The Morgan fingerprint density at radius 3 is 2.68 bits per heavy atom. The van der Waals surface area contributed by atoms with E-state index in [1.54, 1.807) is 0 Å². The summed E-state index contributed by atoms with van der Waals surface area (Å²) in [5.74, 6) is -2.18. The number of thioether (sulfide) groups is 1. The number of furan rings is 1. The van der Waals surface area contributed by atoms with Gasteiger partial charge >= 0.3 is 11.5 Å². The highest BCUT2D eigenvalue weighted by molar-refractivity contribution is 8.00. The highest BCUT2D eigenvalue weighted by Gasteiger charge is 2.27. The van der Waals surface area contributed by atoms with Crippen molar-refractivity contribution < 1.29 is 32.3 Å². The van der Waals surface area contributed by atoms with Gasteiger partial charge in [0, 0.05) is 12.3 Å². The first-order valence-corrected chi connectivity index (χ1v) is 6.05. The summed E-state index contributed by atoms with van der Waals surface area (Å²) in [7, 11) is 0. The zero-order valence-electron chi connectivity index (χ0n) is 9.49. The van der Waals surface area contributed by atoms with Crippen molar-refractivity contribution in [3.05, 3.63) is 23.7 Å². The van der Waals surface area contributed by atoms with E-state index in [2.05, 4.69) is 5.32 Å². The molecule has 2 N–H and O–H groups in total. The number of amides is 1. The van der Waals surface area contributed by atoms with Crippen molar-refractivity contribution >= 4 is 23.6 Å². The smallest absolute Gasteiger partial charge is 0.441 e. The zero-order valence-corrected chi connectivity index (χ0v) is 10.3. The lowest BCUT2D eigenvalue weighted by atomic mass is 10.2. The van der Waals surface area contributed by atoms with Crippen molar-refractivity contribution in [1.29, 1.82) is 0 Å². The number of rotatable bonds is 6. The summed E-state index contributed by atoms with van der Waals surface area (Å²) >= 11 is -0.245. The Morgan fingerprint density at radius 2 is 2.11 bits per heavy atom. The lowest BCUT2D eigenvalue weighted by Gasteiger charge is -2.06. The molecule has 0 aliphatic carbocycles. The van der Waals surface area contributed by atoms with E-state index < -0.39 is 23.8 Å². The first kappa shape index (κ1) is 15.4. The number of halogens is 3. The Labute approximate surface area is 110 Å². The van der Waals surface area contributed by atoms with Gasteiger partial charge in [-0.05, 0) is 17.8 Å². The lowest BCUT2D eigenvalue weighted by Crippen LogP contribution is -2.27. The van der Waals surface area contributed by atoms with Gasteiger partial charge in [0.25, 0.3) is 5.91 Å². The molecule has 0 fully saturated rings. The van der Waals surface area contributed by atoms with Crippen molar-refractivity contribution in [2.45, 2.75) is 11.9 Å². The molecule has 0 radical (unpaired) electrons. The van der Waals surface area contributed by atoms with Crippen LogP contribution < -0.4 is 5.32 Å². The molecule has 0 saturated carbocycles. The number of carboxylic acid groups (broad SMARTS) is 1. The second-order valence-electron chi connectivity index (χ2n) is 3.38. The van der Waals surface area contributed by atoms with Crippen LogP contribution in [0.15, 0.2) is 16.7 Å². The standard InChI is InChI=1S/C10H10F3NO4S/c11-10(12,13)19-4-2-14-9(17)6-1-3-18-7(6)5-8(15)16/h1,3H,2,4-5H2,(H,14,17)(H,15,16). The molecule has 1 rings (SSSR count). The second kappa shape index (κ2) is 6.50. The summed E-state index contributed by atoms with van der Waals surface area (Å²) in [5.41, 5.74) is -4.33. The number of carbonyl (C=O) groups is 2. The van der Waals surface area contributed by atoms with Crippen LogP contribution in [0.3, 0.4) is 0 Å². The van der Waals surface area contributed by atoms with Crippen LogP contribution in [-0.2, 0) is 11.2 Å².